The van der Waals surface area contributed by atoms with Gasteiger partial charge in [-0.15, -0.1) is 0 Å². The molecule has 16 N–H and O–H groups in total. The molecule has 28 heteroatoms. The highest BCUT2D eigenvalue weighted by Gasteiger charge is 2.46. The number of hydrogen-bond acceptors (Lipinski definition) is 24. The van der Waals surface area contributed by atoms with Gasteiger partial charge in [0.2, 0.25) is 23.6 Å². The molecule has 0 aliphatic carbocycles. The zero-order valence-electron chi connectivity index (χ0n) is 38.5. The van der Waals surface area contributed by atoms with Crippen molar-refractivity contribution in [3.63, 3.8) is 0 Å². The van der Waals surface area contributed by atoms with E-state index in [1.54, 1.807) is 0 Å². The molecule has 3 aliphatic heterocycles. The molecule has 400 valence electrons. The SMILES string of the molecule is CC(=O)[C@H](CCCCN)NC(=O)CCCCC(=O)N(CC(=O)NCCO[C@@H]1O[C@H](CO)[C@@H](O)[C@H](O)[C@H]1O)CC(=O)N(CCOC1O[C@H](CO)[C@@H](O)[C@H](O)[C@@H]1O)CCOC1O[C@H](CO)[C@@H](O)[C@H](O)[C@@H]1O. The third-order valence-electron chi connectivity index (χ3n) is 11.7. The molecule has 0 radical (unpaired) electrons. The highest BCUT2D eigenvalue weighted by atomic mass is 16.7. The number of carbonyl (C=O) groups is 5. The standard InChI is InChI=1S/C41H73N5O23/c1-21(50)22(6-4-5-9-42)44-26(51)7-2-3-8-28(53)46(16-27(52)43-10-13-64-39-36(61)33(58)30(55)23(18-47)67-39)17-29(54)45(11-14-65-40-37(62)34(59)31(56)24(19-48)68-40)12-15-66-41-38(63)35(60)32(57)25(20-49)69-41/h22-25,30-41,47-49,55-63H,2-20,42H2,1H3,(H,43,52)(H,44,51)/t22-,23+,24+,25+,30+,31+,32+,33-,34-,35-,36+,37-,38-,39+,40?,41?/m0/s1. The monoisotopic (exact) mass is 1000 g/mol. The van der Waals surface area contributed by atoms with Gasteiger partial charge in [-0.05, 0) is 45.6 Å². The molecule has 3 aliphatic rings. The van der Waals surface area contributed by atoms with E-state index in [4.69, 9.17) is 34.2 Å². The van der Waals surface area contributed by atoms with Gasteiger partial charge in [-0.25, -0.2) is 0 Å². The molecule has 0 aromatic rings. The van der Waals surface area contributed by atoms with Crippen LogP contribution in [0.25, 0.3) is 0 Å². The van der Waals surface area contributed by atoms with Crippen molar-refractivity contribution in [2.75, 3.05) is 78.9 Å². The third kappa shape index (κ3) is 18.4. The number of aliphatic hydroxyl groups is 12. The summed E-state index contributed by atoms with van der Waals surface area (Å²) in [7, 11) is 0. The second-order valence-electron chi connectivity index (χ2n) is 16.9. The predicted octanol–water partition coefficient (Wildman–Crippen LogP) is -9.03. The van der Waals surface area contributed by atoms with Crippen LogP contribution in [0.2, 0.25) is 0 Å². The number of aliphatic hydroxyl groups excluding tert-OH is 12. The van der Waals surface area contributed by atoms with Crippen LogP contribution in [0, 0.1) is 0 Å². The number of Topliss-reactive ketones (excluding diaryl/α,β-unsaturated/α-hetero) is 1. The molecule has 3 heterocycles. The zero-order chi connectivity index (χ0) is 51.4. The lowest BCUT2D eigenvalue weighted by atomic mass is 9.99. The molecular formula is C41H73N5O23. The number of rotatable bonds is 30. The van der Waals surface area contributed by atoms with Gasteiger partial charge in [-0.3, -0.25) is 24.0 Å². The number of ether oxygens (including phenoxy) is 6. The van der Waals surface area contributed by atoms with Crippen LogP contribution >= 0.6 is 0 Å². The quantitative estimate of drug-likeness (QED) is 0.0297. The van der Waals surface area contributed by atoms with E-state index in [9.17, 15) is 85.3 Å². The number of nitrogens with zero attached hydrogens (tertiary/aromatic N) is 2. The topological polar surface area (TPSA) is 440 Å². The number of ketones is 1. The Morgan fingerprint density at radius 3 is 1.43 bits per heavy atom. The first-order valence-corrected chi connectivity index (χ1v) is 22.9. The van der Waals surface area contributed by atoms with Crippen molar-refractivity contribution < 1.29 is 114 Å². The van der Waals surface area contributed by atoms with Crippen molar-refractivity contribution in [1.82, 2.24) is 20.4 Å². The molecule has 3 rings (SSSR count). The number of carbonyl (C=O) groups excluding carboxylic acids is 5. The van der Waals surface area contributed by atoms with Crippen LogP contribution in [0.15, 0.2) is 0 Å². The van der Waals surface area contributed by atoms with E-state index >= 15 is 0 Å². The first-order valence-electron chi connectivity index (χ1n) is 22.9. The number of nitrogens with one attached hydrogen (secondary N) is 2. The molecule has 2 unspecified atom stereocenters. The molecule has 0 saturated carbocycles. The fraction of sp³-hybridized carbons (Fsp3) is 0.878. The lowest BCUT2D eigenvalue weighted by Crippen LogP contribution is -2.59. The Bertz CT molecular complexity index is 1530. The molecule has 69 heavy (non-hydrogen) atoms. The molecule has 3 fully saturated rings. The van der Waals surface area contributed by atoms with Crippen molar-refractivity contribution in [3.05, 3.63) is 0 Å². The third-order valence-corrected chi connectivity index (χ3v) is 11.7. The Kier molecular flexibility index (Phi) is 26.7. The van der Waals surface area contributed by atoms with Gasteiger partial charge >= 0.3 is 0 Å². The van der Waals surface area contributed by atoms with Crippen LogP contribution in [-0.2, 0) is 52.4 Å². The number of hydrogen-bond donors (Lipinski definition) is 15. The minimum atomic E-state index is -1.79. The van der Waals surface area contributed by atoms with Crippen molar-refractivity contribution in [2.45, 2.75) is 150 Å². The minimum absolute atomic E-state index is 0.0571. The molecule has 0 bridgehead atoms. The zero-order valence-corrected chi connectivity index (χ0v) is 38.5. The van der Waals surface area contributed by atoms with Gasteiger partial charge in [0.15, 0.2) is 24.7 Å². The lowest BCUT2D eigenvalue weighted by Gasteiger charge is -2.40. The fourth-order valence-corrected chi connectivity index (χ4v) is 7.48. The Labute approximate surface area is 397 Å². The predicted molar refractivity (Wildman–Crippen MR) is 229 cm³/mol. The summed E-state index contributed by atoms with van der Waals surface area (Å²) >= 11 is 0. The van der Waals surface area contributed by atoms with Gasteiger partial charge in [0.25, 0.3) is 0 Å². The molecule has 4 amide bonds. The maximum Gasteiger partial charge on any atom is 0.242 e. The van der Waals surface area contributed by atoms with E-state index in [0.29, 0.717) is 25.8 Å². The molecule has 28 nitrogen and oxygen atoms in total. The van der Waals surface area contributed by atoms with Crippen molar-refractivity contribution in [2.24, 2.45) is 5.73 Å². The summed E-state index contributed by atoms with van der Waals surface area (Å²) in [6.45, 7) is -4.14. The number of nitrogens with two attached hydrogens (primary N) is 1. The first-order chi connectivity index (χ1) is 32.8. The Morgan fingerprint density at radius 2 is 1.00 bits per heavy atom. The molecule has 16 atom stereocenters. The molecule has 0 spiro atoms. The molecule has 3 saturated heterocycles. The van der Waals surface area contributed by atoms with Crippen molar-refractivity contribution in [3.8, 4) is 0 Å². The van der Waals surface area contributed by atoms with Crippen LogP contribution in [0.4, 0.5) is 0 Å². The second-order valence-corrected chi connectivity index (χ2v) is 16.9. The Morgan fingerprint density at radius 1 is 0.551 bits per heavy atom. The number of amides is 4. The van der Waals surface area contributed by atoms with E-state index in [-0.39, 0.29) is 57.7 Å². The summed E-state index contributed by atoms with van der Waals surface area (Å²) in [6.07, 6.45) is -22.5. The first kappa shape index (κ1) is 60.1. The Balaban J connectivity index is 1.74. The lowest BCUT2D eigenvalue weighted by molar-refractivity contribution is -0.303. The van der Waals surface area contributed by atoms with Crippen LogP contribution in [0.5, 0.6) is 0 Å². The van der Waals surface area contributed by atoms with Gasteiger partial charge in [0.1, 0.15) is 86.3 Å². The summed E-state index contributed by atoms with van der Waals surface area (Å²) in [5.41, 5.74) is 5.53. The largest absolute Gasteiger partial charge is 0.394 e. The smallest absolute Gasteiger partial charge is 0.242 e. The minimum Gasteiger partial charge on any atom is -0.394 e. The fourth-order valence-electron chi connectivity index (χ4n) is 7.48. The number of unbranched alkanes of at least 4 members (excludes halogenated alkanes) is 2. The Hall–Kier alpha value is -3.21. The summed E-state index contributed by atoms with van der Waals surface area (Å²) in [6, 6.07) is -0.707. The van der Waals surface area contributed by atoms with Crippen LogP contribution < -0.4 is 16.4 Å². The average molecular weight is 1000 g/mol. The van der Waals surface area contributed by atoms with Gasteiger partial charge in [-0.1, -0.05) is 0 Å². The normalized spacial score (nSPS) is 31.9. The highest BCUT2D eigenvalue weighted by Crippen LogP contribution is 2.24. The summed E-state index contributed by atoms with van der Waals surface area (Å²) < 4.78 is 32.5. The van der Waals surface area contributed by atoms with E-state index in [1.165, 1.54) is 6.92 Å². The van der Waals surface area contributed by atoms with E-state index in [0.717, 1.165) is 9.80 Å². The van der Waals surface area contributed by atoms with Crippen LogP contribution in [0.3, 0.4) is 0 Å². The maximum absolute atomic E-state index is 14.1. The van der Waals surface area contributed by atoms with Gasteiger partial charge < -0.3 is 116 Å². The van der Waals surface area contributed by atoms with Gasteiger partial charge in [0, 0.05) is 32.5 Å². The summed E-state index contributed by atoms with van der Waals surface area (Å²) in [4.78, 5) is 67.8. The van der Waals surface area contributed by atoms with E-state index in [1.807, 2.05) is 0 Å². The van der Waals surface area contributed by atoms with Gasteiger partial charge in [-0.2, -0.15) is 0 Å². The summed E-state index contributed by atoms with van der Waals surface area (Å²) in [5, 5.41) is 126. The van der Waals surface area contributed by atoms with E-state index < -0.39 is 168 Å². The molecule has 0 aromatic heterocycles. The summed E-state index contributed by atoms with van der Waals surface area (Å²) in [5.74, 6) is -3.01. The van der Waals surface area contributed by atoms with Gasteiger partial charge in [0.05, 0.1) is 45.7 Å². The second kappa shape index (κ2) is 30.6. The highest BCUT2D eigenvalue weighted by molar-refractivity contribution is 5.89. The molecular weight excluding hydrogens is 930 g/mol. The van der Waals surface area contributed by atoms with Crippen molar-refractivity contribution in [1.29, 1.82) is 0 Å². The van der Waals surface area contributed by atoms with Crippen molar-refractivity contribution >= 4 is 29.4 Å². The van der Waals surface area contributed by atoms with E-state index in [2.05, 4.69) is 10.6 Å². The average Bonchev–Trinajstić information content (AvgIpc) is 3.32. The molecule has 0 aromatic carbocycles. The van der Waals surface area contributed by atoms with Crippen LogP contribution in [0.1, 0.15) is 51.9 Å². The maximum atomic E-state index is 14.1. The van der Waals surface area contributed by atoms with Crippen LogP contribution in [-0.4, -0.2) is 278 Å².